The molecule has 3 nitrogen and oxygen atoms in total. The Balaban J connectivity index is 2.85. The molecule has 0 heterocycles. The number of hydrogen-bond acceptors (Lipinski definition) is 3. The van der Waals surface area contributed by atoms with Gasteiger partial charge in [0.05, 0.1) is 5.02 Å². The molecule has 1 aromatic rings. The minimum absolute atomic E-state index is 0.285. The molecular weight excluding hydrogens is 229 g/mol. The number of hydrogen-bond donors (Lipinski definition) is 2. The number of nitrogen functional groups attached to an aromatic ring is 1. The van der Waals surface area contributed by atoms with Gasteiger partial charge >= 0.3 is 5.97 Å². The first-order valence-electron chi connectivity index (χ1n) is 3.59. The van der Waals surface area contributed by atoms with Gasteiger partial charge in [0.15, 0.2) is 0 Å². The van der Waals surface area contributed by atoms with Crippen LogP contribution in [0.3, 0.4) is 0 Å². The van der Waals surface area contributed by atoms with Crippen molar-refractivity contribution in [3.8, 4) is 0 Å². The summed E-state index contributed by atoms with van der Waals surface area (Å²) >= 11 is 6.22. The Morgan fingerprint density at radius 2 is 2.29 bits per heavy atom. The first kappa shape index (κ1) is 11.1. The van der Waals surface area contributed by atoms with E-state index < -0.39 is 11.5 Å². The van der Waals surface area contributed by atoms with Crippen LogP contribution in [-0.2, 0) is 4.79 Å². The average Bonchev–Trinajstić information content (AvgIpc) is 2.11. The number of anilines is 1. The van der Waals surface area contributed by atoms with Crippen molar-refractivity contribution in [1.29, 1.82) is 0 Å². The zero-order chi connectivity index (χ0) is 10.7. The van der Waals surface area contributed by atoms with E-state index in [9.17, 15) is 9.18 Å². The van der Waals surface area contributed by atoms with Crippen molar-refractivity contribution in [2.45, 2.75) is 10.4 Å². The number of carboxylic acids is 1. The number of carboxylic acid groups (broad SMARTS) is 1. The third-order valence-electron chi connectivity index (χ3n) is 1.38. The maximum atomic E-state index is 12.8. The number of thioether (sulfide) groups is 1. The lowest BCUT2D eigenvalue weighted by atomic mass is 10.3. The molecule has 0 saturated heterocycles. The first-order chi connectivity index (χ1) is 6.50. The Kier molecular flexibility index (Phi) is 3.60. The van der Waals surface area contributed by atoms with Crippen LogP contribution in [-0.4, -0.2) is 16.6 Å². The van der Waals surface area contributed by atoms with Gasteiger partial charge in [-0.1, -0.05) is 23.4 Å². The zero-order valence-corrected chi connectivity index (χ0v) is 8.48. The second-order valence-corrected chi connectivity index (χ2v) is 3.96. The van der Waals surface area contributed by atoms with Crippen LogP contribution in [0.4, 0.5) is 10.1 Å². The minimum Gasteiger partial charge on any atom is -0.478 e. The van der Waals surface area contributed by atoms with Gasteiger partial charge in [-0.2, -0.15) is 0 Å². The molecule has 76 valence electrons. The molecule has 6 heteroatoms. The summed E-state index contributed by atoms with van der Waals surface area (Å²) < 4.78 is 12.8. The smallest absolute Gasteiger partial charge is 0.349 e. The van der Waals surface area contributed by atoms with E-state index in [4.69, 9.17) is 22.4 Å². The molecule has 1 rings (SSSR count). The third kappa shape index (κ3) is 2.78. The van der Waals surface area contributed by atoms with Crippen LogP contribution < -0.4 is 5.73 Å². The number of rotatable bonds is 3. The van der Waals surface area contributed by atoms with Crippen molar-refractivity contribution in [1.82, 2.24) is 0 Å². The fourth-order valence-corrected chi connectivity index (χ4v) is 1.73. The molecule has 0 saturated carbocycles. The van der Waals surface area contributed by atoms with Crippen LogP contribution in [0.5, 0.6) is 0 Å². The second-order valence-electron chi connectivity index (χ2n) is 2.46. The molecule has 3 N–H and O–H groups in total. The monoisotopic (exact) mass is 235 g/mol. The Labute approximate surface area is 89.0 Å². The molecule has 1 atom stereocenters. The quantitative estimate of drug-likeness (QED) is 0.624. The van der Waals surface area contributed by atoms with Crippen LogP contribution in [0.25, 0.3) is 0 Å². The predicted octanol–water partition coefficient (Wildman–Crippen LogP) is 2.39. The molecule has 0 bridgehead atoms. The van der Waals surface area contributed by atoms with E-state index in [0.29, 0.717) is 22.3 Å². The Hall–Kier alpha value is -0.940. The molecule has 14 heavy (non-hydrogen) atoms. The van der Waals surface area contributed by atoms with Gasteiger partial charge in [-0.3, -0.25) is 0 Å². The van der Waals surface area contributed by atoms with Crippen LogP contribution in [0, 0.1) is 0 Å². The summed E-state index contributed by atoms with van der Waals surface area (Å²) in [6.45, 7) is 0. The van der Waals surface area contributed by atoms with E-state index in [-0.39, 0.29) is 5.02 Å². The fourth-order valence-electron chi connectivity index (χ4n) is 0.772. The Bertz CT molecular complexity index is 361. The van der Waals surface area contributed by atoms with Gasteiger partial charge < -0.3 is 10.8 Å². The normalized spacial score (nSPS) is 12.4. The SMILES string of the molecule is Nc1ccc(Cl)c(SC(F)C(=O)O)c1. The van der Waals surface area contributed by atoms with Crippen LogP contribution in [0.2, 0.25) is 5.02 Å². The molecule has 0 amide bonds. The molecule has 0 radical (unpaired) electrons. The van der Waals surface area contributed by atoms with Gasteiger partial charge in [-0.25, -0.2) is 9.18 Å². The van der Waals surface area contributed by atoms with Crippen molar-refractivity contribution in [3.63, 3.8) is 0 Å². The zero-order valence-electron chi connectivity index (χ0n) is 6.91. The van der Waals surface area contributed by atoms with E-state index in [1.54, 1.807) is 6.07 Å². The maximum Gasteiger partial charge on any atom is 0.349 e. The number of nitrogens with two attached hydrogens (primary N) is 1. The largest absolute Gasteiger partial charge is 0.478 e. The second kappa shape index (κ2) is 4.52. The Morgan fingerprint density at radius 3 is 2.86 bits per heavy atom. The van der Waals surface area contributed by atoms with E-state index in [1.807, 2.05) is 0 Å². The summed E-state index contributed by atoms with van der Waals surface area (Å²) in [7, 11) is 0. The standard InChI is InChI=1S/C8H7ClFNO2S/c9-5-2-1-4(11)3-6(5)14-7(10)8(12)13/h1-3,7H,11H2,(H,12,13). The van der Waals surface area contributed by atoms with Crippen LogP contribution >= 0.6 is 23.4 Å². The topological polar surface area (TPSA) is 63.3 Å². The lowest BCUT2D eigenvalue weighted by Gasteiger charge is -2.05. The highest BCUT2D eigenvalue weighted by atomic mass is 35.5. The molecule has 0 aliphatic carbocycles. The highest BCUT2D eigenvalue weighted by molar-refractivity contribution is 8.00. The molecule has 0 aliphatic heterocycles. The lowest BCUT2D eigenvalue weighted by molar-refractivity contribution is -0.139. The van der Waals surface area contributed by atoms with E-state index >= 15 is 0 Å². The number of alkyl halides is 1. The van der Waals surface area contributed by atoms with E-state index in [1.165, 1.54) is 12.1 Å². The summed E-state index contributed by atoms with van der Waals surface area (Å²) in [5, 5.41) is 8.62. The van der Waals surface area contributed by atoms with Crippen LogP contribution in [0.15, 0.2) is 23.1 Å². The van der Waals surface area contributed by atoms with Crippen molar-refractivity contribution in [3.05, 3.63) is 23.2 Å². The predicted molar refractivity (Wildman–Crippen MR) is 54.3 cm³/mol. The highest BCUT2D eigenvalue weighted by Crippen LogP contribution is 2.32. The molecule has 0 aliphatic rings. The summed E-state index contributed by atoms with van der Waals surface area (Å²) in [6.07, 6.45) is 0. The van der Waals surface area contributed by atoms with Gasteiger partial charge in [0.25, 0.3) is 0 Å². The lowest BCUT2D eigenvalue weighted by Crippen LogP contribution is -2.09. The number of carbonyl (C=O) groups is 1. The van der Waals surface area contributed by atoms with Gasteiger partial charge in [0.2, 0.25) is 5.50 Å². The first-order valence-corrected chi connectivity index (χ1v) is 4.85. The van der Waals surface area contributed by atoms with Crippen molar-refractivity contribution >= 4 is 35.0 Å². The molecule has 1 aromatic carbocycles. The fraction of sp³-hybridized carbons (Fsp3) is 0.125. The third-order valence-corrected chi connectivity index (χ3v) is 2.82. The van der Waals surface area contributed by atoms with Crippen molar-refractivity contribution in [2.75, 3.05) is 5.73 Å². The van der Waals surface area contributed by atoms with E-state index in [0.717, 1.165) is 0 Å². The number of benzene rings is 1. The highest BCUT2D eigenvalue weighted by Gasteiger charge is 2.18. The molecule has 0 fully saturated rings. The molecule has 1 unspecified atom stereocenters. The Morgan fingerprint density at radius 1 is 1.64 bits per heavy atom. The number of halogens is 2. The minimum atomic E-state index is -2.03. The van der Waals surface area contributed by atoms with Crippen LogP contribution in [0.1, 0.15) is 0 Å². The molecular formula is C8H7ClFNO2S. The van der Waals surface area contributed by atoms with Gasteiger partial charge in [-0.05, 0) is 18.2 Å². The summed E-state index contributed by atoms with van der Waals surface area (Å²) in [4.78, 5) is 10.6. The summed E-state index contributed by atoms with van der Waals surface area (Å²) in [6, 6.07) is 4.48. The maximum absolute atomic E-state index is 12.8. The summed E-state index contributed by atoms with van der Waals surface area (Å²) in [5.74, 6) is -1.53. The average molecular weight is 236 g/mol. The van der Waals surface area contributed by atoms with Gasteiger partial charge in [-0.15, -0.1) is 0 Å². The van der Waals surface area contributed by atoms with Crippen molar-refractivity contribution in [2.24, 2.45) is 0 Å². The number of aliphatic carboxylic acids is 1. The van der Waals surface area contributed by atoms with Gasteiger partial charge in [0.1, 0.15) is 0 Å². The summed E-state index contributed by atoms with van der Waals surface area (Å²) in [5.41, 5.74) is 3.82. The molecule has 0 spiro atoms. The van der Waals surface area contributed by atoms with E-state index in [2.05, 4.69) is 0 Å². The van der Waals surface area contributed by atoms with Crippen molar-refractivity contribution < 1.29 is 14.3 Å². The van der Waals surface area contributed by atoms with Gasteiger partial charge in [0, 0.05) is 10.6 Å². The molecule has 0 aromatic heterocycles.